The molecule has 2 aromatic rings. The first-order valence-electron chi connectivity index (χ1n) is 6.26. The molecule has 0 aliphatic rings. The average Bonchev–Trinajstić information content (AvgIpc) is 2.89. The first-order valence-corrected chi connectivity index (χ1v) is 7.02. The Balaban J connectivity index is 0.00000200. The Morgan fingerprint density at radius 2 is 2.15 bits per heavy atom. The smallest absolute Gasteiger partial charge is 0.0986 e. The lowest BCUT2D eigenvalue weighted by atomic mass is 9.92. The van der Waals surface area contributed by atoms with Gasteiger partial charge in [0, 0.05) is 28.6 Å². The zero-order chi connectivity index (χ0) is 13.8. The molecule has 2 rings (SSSR count). The van der Waals surface area contributed by atoms with E-state index in [0.717, 1.165) is 12.0 Å². The van der Waals surface area contributed by atoms with Gasteiger partial charge in [0.1, 0.15) is 0 Å². The number of halogens is 3. The van der Waals surface area contributed by atoms with E-state index in [2.05, 4.69) is 25.0 Å². The Morgan fingerprint density at radius 3 is 2.70 bits per heavy atom. The summed E-state index contributed by atoms with van der Waals surface area (Å²) in [5.74, 6) is 0.404. The Kier molecular flexibility index (Phi) is 6.60. The standard InChI is InChI=1S/C15H16Cl2N2.ClH/c1-3-11(2)14(9-19-7-6-18-10-19)13-5-4-12(16)8-15(13)17;/h4-11H,3H2,1-2H3;1H/b14-9-;. The van der Waals surface area contributed by atoms with Gasteiger partial charge >= 0.3 is 0 Å². The molecule has 0 N–H and O–H groups in total. The molecule has 0 radical (unpaired) electrons. The first-order chi connectivity index (χ1) is 9.11. The molecule has 1 atom stereocenters. The molecule has 0 aliphatic heterocycles. The van der Waals surface area contributed by atoms with Crippen molar-refractivity contribution in [2.45, 2.75) is 20.3 Å². The van der Waals surface area contributed by atoms with E-state index in [0.29, 0.717) is 16.0 Å². The van der Waals surface area contributed by atoms with Gasteiger partial charge in [-0.1, -0.05) is 43.1 Å². The lowest BCUT2D eigenvalue weighted by Gasteiger charge is -2.16. The molecule has 0 fully saturated rings. The van der Waals surface area contributed by atoms with Crippen LogP contribution in [0.3, 0.4) is 0 Å². The minimum absolute atomic E-state index is 0. The number of aromatic nitrogens is 2. The summed E-state index contributed by atoms with van der Waals surface area (Å²) in [7, 11) is 0. The fraction of sp³-hybridized carbons (Fsp3) is 0.267. The molecular formula is C15H17Cl3N2. The van der Waals surface area contributed by atoms with E-state index in [1.165, 1.54) is 5.57 Å². The van der Waals surface area contributed by atoms with Crippen LogP contribution in [0.4, 0.5) is 0 Å². The lowest BCUT2D eigenvalue weighted by molar-refractivity contribution is 0.718. The summed E-state index contributed by atoms with van der Waals surface area (Å²) in [5, 5.41) is 1.33. The van der Waals surface area contributed by atoms with E-state index < -0.39 is 0 Å². The third-order valence-electron chi connectivity index (χ3n) is 3.20. The summed E-state index contributed by atoms with van der Waals surface area (Å²) in [5.41, 5.74) is 2.20. The third kappa shape index (κ3) is 4.02. The van der Waals surface area contributed by atoms with Crippen molar-refractivity contribution in [3.8, 4) is 0 Å². The number of hydrogen-bond acceptors (Lipinski definition) is 1. The number of hydrogen-bond donors (Lipinski definition) is 0. The van der Waals surface area contributed by atoms with Gasteiger partial charge in [0.25, 0.3) is 0 Å². The molecular weight excluding hydrogens is 315 g/mol. The second kappa shape index (κ2) is 7.72. The Morgan fingerprint density at radius 1 is 1.40 bits per heavy atom. The van der Waals surface area contributed by atoms with Crippen molar-refractivity contribution < 1.29 is 0 Å². The maximum atomic E-state index is 6.32. The number of nitrogens with zero attached hydrogens (tertiary/aromatic N) is 2. The van der Waals surface area contributed by atoms with E-state index in [4.69, 9.17) is 23.2 Å². The summed E-state index contributed by atoms with van der Waals surface area (Å²) in [6, 6.07) is 5.62. The monoisotopic (exact) mass is 330 g/mol. The fourth-order valence-corrected chi connectivity index (χ4v) is 2.43. The van der Waals surface area contributed by atoms with Gasteiger partial charge in [-0.15, -0.1) is 12.4 Å². The van der Waals surface area contributed by atoms with Gasteiger partial charge in [0.15, 0.2) is 0 Å². The van der Waals surface area contributed by atoms with Crippen LogP contribution in [0.2, 0.25) is 10.0 Å². The van der Waals surface area contributed by atoms with Gasteiger partial charge in [0.05, 0.1) is 6.33 Å². The summed E-state index contributed by atoms with van der Waals surface area (Å²) in [4.78, 5) is 4.05. The van der Waals surface area contributed by atoms with Crippen molar-refractivity contribution in [2.24, 2.45) is 5.92 Å². The zero-order valence-electron chi connectivity index (χ0n) is 11.4. The minimum Gasteiger partial charge on any atom is -0.313 e. The maximum absolute atomic E-state index is 6.32. The molecule has 20 heavy (non-hydrogen) atoms. The van der Waals surface area contributed by atoms with Gasteiger partial charge in [-0.3, -0.25) is 0 Å². The average molecular weight is 332 g/mol. The summed E-state index contributed by atoms with van der Waals surface area (Å²) in [6.45, 7) is 4.35. The van der Waals surface area contributed by atoms with Crippen molar-refractivity contribution in [3.05, 3.63) is 52.5 Å². The number of imidazole rings is 1. The highest BCUT2D eigenvalue weighted by Gasteiger charge is 2.13. The second-order valence-electron chi connectivity index (χ2n) is 4.53. The molecule has 2 nitrogen and oxygen atoms in total. The molecule has 1 heterocycles. The van der Waals surface area contributed by atoms with Gasteiger partial charge in [-0.25, -0.2) is 4.98 Å². The fourth-order valence-electron chi connectivity index (χ4n) is 1.91. The highest BCUT2D eigenvalue weighted by molar-refractivity contribution is 6.35. The molecule has 0 saturated heterocycles. The van der Waals surface area contributed by atoms with E-state index in [9.17, 15) is 0 Å². The van der Waals surface area contributed by atoms with Gasteiger partial charge in [0.2, 0.25) is 0 Å². The predicted molar refractivity (Wildman–Crippen MR) is 89.6 cm³/mol. The minimum atomic E-state index is 0. The Labute approximate surface area is 135 Å². The van der Waals surface area contributed by atoms with E-state index in [1.807, 2.05) is 22.9 Å². The van der Waals surface area contributed by atoms with Gasteiger partial charge in [-0.05, 0) is 35.6 Å². The van der Waals surface area contributed by atoms with E-state index >= 15 is 0 Å². The highest BCUT2D eigenvalue weighted by Crippen LogP contribution is 2.33. The lowest BCUT2D eigenvalue weighted by Crippen LogP contribution is -2.00. The van der Waals surface area contributed by atoms with Crippen molar-refractivity contribution in [1.82, 2.24) is 9.55 Å². The summed E-state index contributed by atoms with van der Waals surface area (Å²) >= 11 is 12.3. The van der Waals surface area contributed by atoms with Crippen molar-refractivity contribution in [3.63, 3.8) is 0 Å². The molecule has 0 amide bonds. The van der Waals surface area contributed by atoms with Crippen LogP contribution in [-0.2, 0) is 0 Å². The molecule has 0 aliphatic carbocycles. The van der Waals surface area contributed by atoms with Crippen molar-refractivity contribution >= 4 is 47.4 Å². The third-order valence-corrected chi connectivity index (χ3v) is 3.75. The predicted octanol–water partition coefficient (Wildman–Crippen LogP) is 5.66. The van der Waals surface area contributed by atoms with Gasteiger partial charge < -0.3 is 4.57 Å². The Hall–Kier alpha value is -0.960. The van der Waals surface area contributed by atoms with Crippen LogP contribution < -0.4 is 0 Å². The molecule has 1 unspecified atom stereocenters. The van der Waals surface area contributed by atoms with Crippen LogP contribution in [0.5, 0.6) is 0 Å². The molecule has 0 spiro atoms. The highest BCUT2D eigenvalue weighted by atomic mass is 35.5. The number of allylic oxidation sites excluding steroid dienone is 1. The quantitative estimate of drug-likeness (QED) is 0.707. The van der Waals surface area contributed by atoms with Crippen LogP contribution in [-0.4, -0.2) is 9.55 Å². The normalized spacial score (nSPS) is 12.9. The number of benzene rings is 1. The SMILES string of the molecule is CCC(C)/C(=C/n1ccnc1)c1ccc(Cl)cc1Cl.Cl. The van der Waals surface area contributed by atoms with E-state index in [-0.39, 0.29) is 12.4 Å². The van der Waals surface area contributed by atoms with Crippen LogP contribution >= 0.6 is 35.6 Å². The number of rotatable bonds is 4. The molecule has 5 heteroatoms. The maximum Gasteiger partial charge on any atom is 0.0986 e. The molecule has 108 valence electrons. The molecule has 0 bridgehead atoms. The molecule has 0 saturated carbocycles. The molecule has 1 aromatic carbocycles. The van der Waals surface area contributed by atoms with Crippen molar-refractivity contribution in [1.29, 1.82) is 0 Å². The second-order valence-corrected chi connectivity index (χ2v) is 5.37. The van der Waals surface area contributed by atoms with Crippen LogP contribution in [0.15, 0.2) is 36.9 Å². The van der Waals surface area contributed by atoms with Crippen molar-refractivity contribution in [2.75, 3.05) is 0 Å². The largest absolute Gasteiger partial charge is 0.313 e. The zero-order valence-corrected chi connectivity index (χ0v) is 13.7. The first kappa shape index (κ1) is 17.1. The van der Waals surface area contributed by atoms with Crippen LogP contribution in [0.1, 0.15) is 25.8 Å². The summed E-state index contributed by atoms with van der Waals surface area (Å²) < 4.78 is 1.94. The topological polar surface area (TPSA) is 17.8 Å². The Bertz CT molecular complexity index is 577. The van der Waals surface area contributed by atoms with Gasteiger partial charge in [-0.2, -0.15) is 0 Å². The van der Waals surface area contributed by atoms with E-state index in [1.54, 1.807) is 18.6 Å². The van der Waals surface area contributed by atoms with Crippen LogP contribution in [0.25, 0.3) is 11.8 Å². The summed E-state index contributed by atoms with van der Waals surface area (Å²) in [6.07, 6.45) is 8.54. The van der Waals surface area contributed by atoms with Crippen LogP contribution in [0, 0.1) is 5.92 Å². The molecule has 1 aromatic heterocycles.